The molecule has 0 aromatic carbocycles. The van der Waals surface area contributed by atoms with E-state index in [1.807, 2.05) is 6.92 Å². The molecule has 4 heteroatoms. The summed E-state index contributed by atoms with van der Waals surface area (Å²) in [6.45, 7) is 5.92. The third-order valence-corrected chi connectivity index (χ3v) is 3.68. The highest BCUT2D eigenvalue weighted by molar-refractivity contribution is 7.09. The maximum absolute atomic E-state index is 11.2. The number of hydrogen-bond acceptors (Lipinski definition) is 4. The molecule has 1 aliphatic heterocycles. The Morgan fingerprint density at radius 3 is 3.07 bits per heavy atom. The van der Waals surface area contributed by atoms with Gasteiger partial charge in [0.2, 0.25) is 0 Å². The van der Waals surface area contributed by atoms with E-state index in [0.29, 0.717) is 24.7 Å². The molecule has 1 saturated heterocycles. The monoisotopic (exact) mass is 224 g/mol. The number of rotatable bonds is 2. The summed E-state index contributed by atoms with van der Waals surface area (Å²) in [4.78, 5) is 18.0. The van der Waals surface area contributed by atoms with Crippen molar-refractivity contribution in [2.24, 2.45) is 0 Å². The van der Waals surface area contributed by atoms with Gasteiger partial charge < -0.3 is 0 Å². The van der Waals surface area contributed by atoms with Gasteiger partial charge in [0, 0.05) is 37.4 Å². The van der Waals surface area contributed by atoms with Crippen molar-refractivity contribution < 1.29 is 4.79 Å². The summed E-state index contributed by atoms with van der Waals surface area (Å²) in [7, 11) is 0. The Morgan fingerprint density at radius 1 is 1.67 bits per heavy atom. The number of nitrogens with zero attached hydrogens (tertiary/aromatic N) is 2. The van der Waals surface area contributed by atoms with Crippen molar-refractivity contribution in [3.8, 4) is 0 Å². The quantitative estimate of drug-likeness (QED) is 0.770. The average Bonchev–Trinajstić information content (AvgIpc) is 2.56. The van der Waals surface area contributed by atoms with Crippen molar-refractivity contribution in [2.45, 2.75) is 39.3 Å². The van der Waals surface area contributed by atoms with Gasteiger partial charge in [-0.05, 0) is 13.8 Å². The molecule has 2 rings (SSSR count). The first-order chi connectivity index (χ1) is 7.15. The van der Waals surface area contributed by atoms with Crippen LogP contribution in [0.25, 0.3) is 0 Å². The van der Waals surface area contributed by atoms with Crippen LogP contribution in [-0.4, -0.2) is 28.3 Å². The van der Waals surface area contributed by atoms with Gasteiger partial charge in [0.05, 0.1) is 10.7 Å². The molecule has 1 aliphatic rings. The van der Waals surface area contributed by atoms with Crippen LogP contribution in [0.3, 0.4) is 0 Å². The molecule has 0 aliphatic carbocycles. The second kappa shape index (κ2) is 4.41. The van der Waals surface area contributed by atoms with Gasteiger partial charge in [-0.25, -0.2) is 4.98 Å². The molecule has 0 saturated carbocycles. The van der Waals surface area contributed by atoms with Crippen LogP contribution in [0.4, 0.5) is 0 Å². The minimum Gasteiger partial charge on any atom is -0.300 e. The van der Waals surface area contributed by atoms with Crippen LogP contribution < -0.4 is 0 Å². The highest BCUT2D eigenvalue weighted by Crippen LogP contribution is 2.18. The van der Waals surface area contributed by atoms with Gasteiger partial charge in [0.25, 0.3) is 0 Å². The summed E-state index contributed by atoms with van der Waals surface area (Å²) < 4.78 is 0. The molecule has 2 heterocycles. The highest BCUT2D eigenvalue weighted by Gasteiger charge is 2.23. The van der Waals surface area contributed by atoms with E-state index in [9.17, 15) is 4.79 Å². The summed E-state index contributed by atoms with van der Waals surface area (Å²) in [6, 6.07) is 0.369. The predicted molar refractivity (Wildman–Crippen MR) is 61.0 cm³/mol. The number of carbonyl (C=O) groups excluding carboxylic acids is 1. The second-order valence-electron chi connectivity index (χ2n) is 4.17. The molecule has 15 heavy (non-hydrogen) atoms. The van der Waals surface area contributed by atoms with Crippen molar-refractivity contribution in [1.29, 1.82) is 0 Å². The number of hydrogen-bond donors (Lipinski definition) is 0. The summed E-state index contributed by atoms with van der Waals surface area (Å²) in [5.41, 5.74) is 1.14. The summed E-state index contributed by atoms with van der Waals surface area (Å²) in [5, 5.41) is 3.23. The fourth-order valence-electron chi connectivity index (χ4n) is 1.97. The third kappa shape index (κ3) is 2.63. The molecule has 1 aromatic rings. The Morgan fingerprint density at radius 2 is 2.47 bits per heavy atom. The van der Waals surface area contributed by atoms with Crippen LogP contribution in [0.1, 0.15) is 30.5 Å². The van der Waals surface area contributed by atoms with Crippen LogP contribution >= 0.6 is 11.3 Å². The molecule has 1 fully saturated rings. The first kappa shape index (κ1) is 10.8. The van der Waals surface area contributed by atoms with Gasteiger partial charge in [-0.1, -0.05) is 0 Å². The van der Waals surface area contributed by atoms with E-state index in [2.05, 4.69) is 22.2 Å². The van der Waals surface area contributed by atoms with Gasteiger partial charge >= 0.3 is 0 Å². The summed E-state index contributed by atoms with van der Waals surface area (Å²) in [6.07, 6.45) is 1.40. The molecule has 0 spiro atoms. The number of carbonyl (C=O) groups is 1. The van der Waals surface area contributed by atoms with Crippen LogP contribution in [-0.2, 0) is 11.3 Å². The Kier molecular flexibility index (Phi) is 3.17. The Balaban J connectivity index is 1.97. The zero-order valence-electron chi connectivity index (χ0n) is 9.19. The van der Waals surface area contributed by atoms with Gasteiger partial charge in [0.15, 0.2) is 0 Å². The molecule has 82 valence electrons. The van der Waals surface area contributed by atoms with E-state index in [1.54, 1.807) is 11.3 Å². The maximum Gasteiger partial charge on any atom is 0.135 e. The van der Waals surface area contributed by atoms with Gasteiger partial charge in [0.1, 0.15) is 5.78 Å². The first-order valence-corrected chi connectivity index (χ1v) is 6.20. The van der Waals surface area contributed by atoms with E-state index in [1.165, 1.54) is 0 Å². The van der Waals surface area contributed by atoms with E-state index < -0.39 is 0 Å². The lowest BCUT2D eigenvalue weighted by atomic mass is 10.0. The van der Waals surface area contributed by atoms with Crippen molar-refractivity contribution in [1.82, 2.24) is 9.88 Å². The standard InChI is InChI=1S/C11H16N2OS/c1-8-5-11(14)3-4-13(8)6-10-7-15-9(2)12-10/h7-8H,3-6H2,1-2H3. The summed E-state index contributed by atoms with van der Waals surface area (Å²) >= 11 is 1.69. The van der Waals surface area contributed by atoms with Crippen LogP contribution in [0.15, 0.2) is 5.38 Å². The van der Waals surface area contributed by atoms with Crippen molar-refractivity contribution in [3.63, 3.8) is 0 Å². The molecule has 0 radical (unpaired) electrons. The van der Waals surface area contributed by atoms with Gasteiger partial charge in [-0.15, -0.1) is 11.3 Å². The van der Waals surface area contributed by atoms with E-state index in [4.69, 9.17) is 0 Å². The van der Waals surface area contributed by atoms with Crippen molar-refractivity contribution >= 4 is 17.1 Å². The zero-order valence-corrected chi connectivity index (χ0v) is 10.0. The number of aryl methyl sites for hydroxylation is 1. The zero-order chi connectivity index (χ0) is 10.8. The largest absolute Gasteiger partial charge is 0.300 e. The molecule has 3 nitrogen and oxygen atoms in total. The molecule has 1 aromatic heterocycles. The Bertz CT molecular complexity index is 361. The molecule has 0 N–H and O–H groups in total. The number of thiazole rings is 1. The lowest BCUT2D eigenvalue weighted by molar-refractivity contribution is -0.123. The van der Waals surface area contributed by atoms with Crippen LogP contribution in [0, 0.1) is 6.92 Å². The maximum atomic E-state index is 11.2. The molecule has 1 unspecified atom stereocenters. The SMILES string of the molecule is Cc1nc(CN2CCC(=O)CC2C)cs1. The molecule has 0 amide bonds. The normalized spacial score (nSPS) is 23.3. The first-order valence-electron chi connectivity index (χ1n) is 5.32. The van der Waals surface area contributed by atoms with E-state index in [0.717, 1.165) is 23.8 Å². The highest BCUT2D eigenvalue weighted by atomic mass is 32.1. The number of piperidine rings is 1. The van der Waals surface area contributed by atoms with Crippen molar-refractivity contribution in [2.75, 3.05) is 6.54 Å². The van der Waals surface area contributed by atoms with Gasteiger partial charge in [-0.2, -0.15) is 0 Å². The third-order valence-electron chi connectivity index (χ3n) is 2.86. The Labute approximate surface area is 94.1 Å². The lowest BCUT2D eigenvalue weighted by Gasteiger charge is -2.31. The van der Waals surface area contributed by atoms with Crippen LogP contribution in [0.5, 0.6) is 0 Å². The molecular formula is C11H16N2OS. The number of likely N-dealkylation sites (tertiary alicyclic amines) is 1. The minimum absolute atomic E-state index is 0.369. The minimum atomic E-state index is 0.369. The topological polar surface area (TPSA) is 33.2 Å². The molecule has 0 bridgehead atoms. The van der Waals surface area contributed by atoms with E-state index >= 15 is 0 Å². The fourth-order valence-corrected chi connectivity index (χ4v) is 2.58. The van der Waals surface area contributed by atoms with E-state index in [-0.39, 0.29) is 0 Å². The fraction of sp³-hybridized carbons (Fsp3) is 0.636. The number of Topliss-reactive ketones (excluding diaryl/α,β-unsaturated/α-hetero) is 1. The average molecular weight is 224 g/mol. The lowest BCUT2D eigenvalue weighted by Crippen LogP contribution is -2.40. The molecular weight excluding hydrogens is 208 g/mol. The van der Waals surface area contributed by atoms with Crippen LogP contribution in [0.2, 0.25) is 0 Å². The predicted octanol–water partition coefficient (Wildman–Crippen LogP) is 2.00. The molecule has 1 atom stereocenters. The van der Waals surface area contributed by atoms with Gasteiger partial charge in [-0.3, -0.25) is 9.69 Å². The smallest absolute Gasteiger partial charge is 0.135 e. The second-order valence-corrected chi connectivity index (χ2v) is 5.23. The summed E-state index contributed by atoms with van der Waals surface area (Å²) in [5.74, 6) is 0.396. The van der Waals surface area contributed by atoms with Crippen molar-refractivity contribution in [3.05, 3.63) is 16.1 Å². The number of aromatic nitrogens is 1. The Hall–Kier alpha value is -0.740. The number of ketones is 1.